The summed E-state index contributed by atoms with van der Waals surface area (Å²) in [6.45, 7) is 0. The average Bonchev–Trinajstić information content (AvgIpc) is 2.41. The molecule has 3 rings (SSSR count). The van der Waals surface area contributed by atoms with Gasteiger partial charge in [0.05, 0.1) is 22.3 Å². The van der Waals surface area contributed by atoms with Gasteiger partial charge in [-0.3, -0.25) is 4.79 Å². The number of fused-ring (bicyclic) bond motifs is 1. The summed E-state index contributed by atoms with van der Waals surface area (Å²) in [5, 5.41) is 6.45. The molecule has 3 nitrogen and oxygen atoms in total. The van der Waals surface area contributed by atoms with Crippen molar-refractivity contribution in [2.75, 3.05) is 0 Å². The molecule has 2 aromatic carbocycles. The largest absolute Gasteiger partial charge is 0.279 e. The van der Waals surface area contributed by atoms with E-state index >= 15 is 0 Å². The van der Waals surface area contributed by atoms with E-state index in [9.17, 15) is 4.79 Å². The van der Waals surface area contributed by atoms with Crippen molar-refractivity contribution in [2.24, 2.45) is 0 Å². The molecule has 0 fully saturated rings. The Balaban J connectivity index is 2.31. The van der Waals surface area contributed by atoms with Gasteiger partial charge in [0, 0.05) is 10.4 Å². The zero-order chi connectivity index (χ0) is 13.4. The van der Waals surface area contributed by atoms with Crippen LogP contribution >= 0.6 is 23.2 Å². The molecule has 0 spiro atoms. The fraction of sp³-hybridized carbons (Fsp3) is 0. The molecule has 3 aromatic rings. The van der Waals surface area contributed by atoms with Crippen LogP contribution in [0.5, 0.6) is 0 Å². The lowest BCUT2D eigenvalue weighted by atomic mass is 10.2. The second kappa shape index (κ2) is 4.68. The summed E-state index contributed by atoms with van der Waals surface area (Å²) in [4.78, 5) is 12.4. The lowest BCUT2D eigenvalue weighted by molar-refractivity contribution is 0.821. The minimum atomic E-state index is -0.206. The van der Waals surface area contributed by atoms with Crippen molar-refractivity contribution in [1.29, 1.82) is 0 Å². The predicted molar refractivity (Wildman–Crippen MR) is 77.4 cm³/mol. The van der Waals surface area contributed by atoms with Crippen molar-refractivity contribution in [3.05, 3.63) is 69.1 Å². The van der Waals surface area contributed by atoms with Crippen molar-refractivity contribution in [2.45, 2.75) is 0 Å². The Morgan fingerprint density at radius 2 is 1.84 bits per heavy atom. The minimum Gasteiger partial charge on any atom is -0.267 e. The van der Waals surface area contributed by atoms with Crippen LogP contribution in [0.2, 0.25) is 10.0 Å². The van der Waals surface area contributed by atoms with Gasteiger partial charge in [-0.2, -0.15) is 9.78 Å². The Bertz CT molecular complexity index is 827. The normalized spacial score (nSPS) is 10.8. The standard InChI is InChI=1S/C14H8Cl2N2O/c15-10-5-6-13(12(16)7-10)18-14(19)11-4-2-1-3-9(11)8-17-18/h1-8H. The third-order valence-electron chi connectivity index (χ3n) is 2.83. The first-order chi connectivity index (χ1) is 9.16. The SMILES string of the molecule is O=c1c2ccccc2cnn1-c1ccc(Cl)cc1Cl. The molecule has 0 atom stereocenters. The molecule has 0 saturated carbocycles. The maximum absolute atomic E-state index is 12.4. The van der Waals surface area contributed by atoms with Crippen LogP contribution in [0.25, 0.3) is 16.5 Å². The summed E-state index contributed by atoms with van der Waals surface area (Å²) in [5.41, 5.74) is 0.309. The summed E-state index contributed by atoms with van der Waals surface area (Å²) in [6.07, 6.45) is 1.64. The molecule has 0 radical (unpaired) electrons. The topological polar surface area (TPSA) is 34.9 Å². The van der Waals surface area contributed by atoms with E-state index in [-0.39, 0.29) is 5.56 Å². The first kappa shape index (κ1) is 12.2. The number of aromatic nitrogens is 2. The van der Waals surface area contributed by atoms with Crippen LogP contribution in [0.15, 0.2) is 53.5 Å². The number of hydrogen-bond acceptors (Lipinski definition) is 2. The zero-order valence-electron chi connectivity index (χ0n) is 9.68. The molecule has 0 saturated heterocycles. The molecule has 19 heavy (non-hydrogen) atoms. The molecule has 0 aliphatic heterocycles. The second-order valence-electron chi connectivity index (χ2n) is 4.04. The van der Waals surface area contributed by atoms with Gasteiger partial charge in [0.1, 0.15) is 0 Å². The minimum absolute atomic E-state index is 0.206. The molecule has 1 heterocycles. The zero-order valence-corrected chi connectivity index (χ0v) is 11.2. The first-order valence-electron chi connectivity index (χ1n) is 5.59. The molecule has 0 amide bonds. The third kappa shape index (κ3) is 2.11. The average molecular weight is 291 g/mol. The lowest BCUT2D eigenvalue weighted by Gasteiger charge is -2.07. The predicted octanol–water partition coefficient (Wildman–Crippen LogP) is 3.69. The second-order valence-corrected chi connectivity index (χ2v) is 4.89. The summed E-state index contributed by atoms with van der Waals surface area (Å²) in [6, 6.07) is 12.2. The molecule has 94 valence electrons. The highest BCUT2D eigenvalue weighted by atomic mass is 35.5. The van der Waals surface area contributed by atoms with E-state index in [2.05, 4.69) is 5.10 Å². The Hall–Kier alpha value is -1.84. The summed E-state index contributed by atoms with van der Waals surface area (Å²) >= 11 is 12.0. The van der Waals surface area contributed by atoms with Crippen molar-refractivity contribution in [1.82, 2.24) is 9.78 Å². The third-order valence-corrected chi connectivity index (χ3v) is 3.37. The van der Waals surface area contributed by atoms with Gasteiger partial charge in [-0.25, -0.2) is 0 Å². The van der Waals surface area contributed by atoms with E-state index in [0.717, 1.165) is 5.39 Å². The molecule has 5 heteroatoms. The molecule has 0 unspecified atom stereocenters. The molecule has 0 N–H and O–H groups in total. The summed E-state index contributed by atoms with van der Waals surface area (Å²) in [5.74, 6) is 0. The number of halogens is 2. The van der Waals surface area contributed by atoms with Gasteiger partial charge < -0.3 is 0 Å². The van der Waals surface area contributed by atoms with Gasteiger partial charge in [-0.15, -0.1) is 0 Å². The van der Waals surface area contributed by atoms with Gasteiger partial charge in [0.2, 0.25) is 0 Å². The highest BCUT2D eigenvalue weighted by molar-refractivity contribution is 6.35. The van der Waals surface area contributed by atoms with Gasteiger partial charge in [0.25, 0.3) is 5.56 Å². The lowest BCUT2D eigenvalue weighted by Crippen LogP contribution is -2.21. The maximum Gasteiger partial charge on any atom is 0.279 e. The Labute approximate surface area is 119 Å². The van der Waals surface area contributed by atoms with Crippen LogP contribution < -0.4 is 5.56 Å². The van der Waals surface area contributed by atoms with Crippen LogP contribution in [0.1, 0.15) is 0 Å². The van der Waals surface area contributed by atoms with Crippen molar-refractivity contribution < 1.29 is 0 Å². The number of nitrogens with zero attached hydrogens (tertiary/aromatic N) is 2. The Morgan fingerprint density at radius 1 is 1.05 bits per heavy atom. The number of benzene rings is 2. The van der Waals surface area contributed by atoms with Crippen LogP contribution in [0.3, 0.4) is 0 Å². The molecule has 1 aromatic heterocycles. The van der Waals surface area contributed by atoms with Crippen LogP contribution in [0.4, 0.5) is 0 Å². The fourth-order valence-electron chi connectivity index (χ4n) is 1.92. The smallest absolute Gasteiger partial charge is 0.267 e. The number of hydrogen-bond donors (Lipinski definition) is 0. The quantitative estimate of drug-likeness (QED) is 0.685. The molecule has 0 aliphatic rings. The highest BCUT2D eigenvalue weighted by Gasteiger charge is 2.09. The van der Waals surface area contributed by atoms with Gasteiger partial charge in [-0.1, -0.05) is 41.4 Å². The Kier molecular flexibility index (Phi) is 3.01. The van der Waals surface area contributed by atoms with Crippen molar-refractivity contribution in [3.8, 4) is 5.69 Å². The van der Waals surface area contributed by atoms with E-state index in [4.69, 9.17) is 23.2 Å². The van der Waals surface area contributed by atoms with Crippen molar-refractivity contribution >= 4 is 34.0 Å². The summed E-state index contributed by atoms with van der Waals surface area (Å²) in [7, 11) is 0. The van der Waals surface area contributed by atoms with Crippen LogP contribution in [-0.2, 0) is 0 Å². The summed E-state index contributed by atoms with van der Waals surface area (Å²) < 4.78 is 1.28. The van der Waals surface area contributed by atoms with E-state index in [1.165, 1.54) is 4.68 Å². The van der Waals surface area contributed by atoms with Gasteiger partial charge >= 0.3 is 0 Å². The molecule has 0 bridgehead atoms. The van der Waals surface area contributed by atoms with E-state index < -0.39 is 0 Å². The maximum atomic E-state index is 12.4. The van der Waals surface area contributed by atoms with Crippen LogP contribution in [0, 0.1) is 0 Å². The van der Waals surface area contributed by atoms with Crippen LogP contribution in [-0.4, -0.2) is 9.78 Å². The molecule has 0 aliphatic carbocycles. The monoisotopic (exact) mass is 290 g/mol. The Morgan fingerprint density at radius 3 is 2.63 bits per heavy atom. The van der Waals surface area contributed by atoms with E-state index in [0.29, 0.717) is 21.1 Å². The number of rotatable bonds is 1. The fourth-order valence-corrected chi connectivity index (χ4v) is 2.40. The first-order valence-corrected chi connectivity index (χ1v) is 6.35. The van der Waals surface area contributed by atoms with Gasteiger partial charge in [0.15, 0.2) is 0 Å². The highest BCUT2D eigenvalue weighted by Crippen LogP contribution is 2.23. The van der Waals surface area contributed by atoms with Gasteiger partial charge in [-0.05, 0) is 24.3 Å². The van der Waals surface area contributed by atoms with E-state index in [1.807, 2.05) is 18.2 Å². The molecular formula is C14H8Cl2N2O. The van der Waals surface area contributed by atoms with E-state index in [1.54, 1.807) is 30.5 Å². The van der Waals surface area contributed by atoms with Crippen molar-refractivity contribution in [3.63, 3.8) is 0 Å². The molecular weight excluding hydrogens is 283 g/mol.